The van der Waals surface area contributed by atoms with E-state index in [0.29, 0.717) is 19.0 Å². The summed E-state index contributed by atoms with van der Waals surface area (Å²) in [4.78, 5) is 16.0. The second kappa shape index (κ2) is 13.5. The highest BCUT2D eigenvalue weighted by Gasteiger charge is 2.08. The molecule has 30 heavy (non-hydrogen) atoms. The number of aliphatic imine (C=N–C) groups is 1. The summed E-state index contributed by atoms with van der Waals surface area (Å²) < 4.78 is 13.5. The number of hydrogen-bond acceptors (Lipinski definition) is 3. The molecule has 0 heterocycles. The normalized spacial score (nSPS) is 11.1. The van der Waals surface area contributed by atoms with Crippen LogP contribution in [0.4, 0.5) is 10.1 Å². The monoisotopic (exact) mass is 544 g/mol. The highest BCUT2D eigenvalue weighted by atomic mass is 127. The molecule has 3 N–H and O–H groups in total. The number of nitrogens with one attached hydrogen (secondary N) is 3. The minimum Gasteiger partial charge on any atom is -0.352 e. The molecule has 0 saturated heterocycles. The first-order valence-electron chi connectivity index (χ1n) is 9.53. The zero-order valence-corrected chi connectivity index (χ0v) is 20.9. The van der Waals surface area contributed by atoms with Gasteiger partial charge in [0.1, 0.15) is 5.82 Å². The molecule has 0 atom stereocenters. The predicted octanol–water partition coefficient (Wildman–Crippen LogP) is 4.77. The first-order valence-corrected chi connectivity index (χ1v) is 10.9. The van der Waals surface area contributed by atoms with Gasteiger partial charge in [0.05, 0.1) is 0 Å². The summed E-state index contributed by atoms with van der Waals surface area (Å²) in [5.41, 5.74) is 3.89. The molecular weight excluding hydrogens is 514 g/mol. The van der Waals surface area contributed by atoms with Crippen molar-refractivity contribution in [2.45, 2.75) is 32.7 Å². The lowest BCUT2D eigenvalue weighted by Crippen LogP contribution is -2.36. The van der Waals surface area contributed by atoms with Gasteiger partial charge in [0.25, 0.3) is 0 Å². The fraction of sp³-hybridized carbons (Fsp3) is 0.364. The molecule has 0 unspecified atom stereocenters. The second-order valence-electron chi connectivity index (χ2n) is 6.97. The lowest BCUT2D eigenvalue weighted by Gasteiger charge is -2.14. The number of thioether (sulfide) groups is 1. The number of guanidine groups is 1. The maximum Gasteiger partial charge on any atom is 0.226 e. The van der Waals surface area contributed by atoms with Gasteiger partial charge in [-0.05, 0) is 47.2 Å². The molecule has 2 aromatic carbocycles. The van der Waals surface area contributed by atoms with E-state index in [0.717, 1.165) is 28.1 Å². The molecule has 0 aliphatic rings. The topological polar surface area (TPSA) is 65.5 Å². The molecule has 164 valence electrons. The van der Waals surface area contributed by atoms with Crippen LogP contribution in [0.1, 0.15) is 30.5 Å². The van der Waals surface area contributed by atoms with E-state index in [2.05, 4.69) is 20.9 Å². The van der Waals surface area contributed by atoms with E-state index in [-0.39, 0.29) is 41.6 Å². The van der Waals surface area contributed by atoms with Crippen LogP contribution >= 0.6 is 35.7 Å². The maximum absolute atomic E-state index is 13.5. The number of nitrogens with zero attached hydrogens (tertiary/aromatic N) is 1. The molecule has 0 aromatic heterocycles. The zero-order chi connectivity index (χ0) is 21.2. The van der Waals surface area contributed by atoms with Crippen molar-refractivity contribution >= 4 is 53.3 Å². The number of anilines is 1. The molecule has 0 saturated carbocycles. The minimum absolute atomic E-state index is 0. The van der Waals surface area contributed by atoms with Crippen molar-refractivity contribution in [2.24, 2.45) is 10.9 Å². The summed E-state index contributed by atoms with van der Waals surface area (Å²) in [5, 5.41) is 9.42. The Morgan fingerprint density at radius 2 is 1.73 bits per heavy atom. The summed E-state index contributed by atoms with van der Waals surface area (Å²) in [6.45, 7) is 4.89. The average Bonchev–Trinajstić information content (AvgIpc) is 2.70. The third-order valence-electron chi connectivity index (χ3n) is 4.34. The van der Waals surface area contributed by atoms with Crippen LogP contribution < -0.4 is 16.0 Å². The van der Waals surface area contributed by atoms with E-state index in [1.54, 1.807) is 24.9 Å². The minimum atomic E-state index is -0.215. The number of rotatable bonds is 8. The molecule has 0 aliphatic carbocycles. The van der Waals surface area contributed by atoms with Crippen LogP contribution in [0, 0.1) is 11.7 Å². The van der Waals surface area contributed by atoms with E-state index in [1.165, 1.54) is 6.07 Å². The van der Waals surface area contributed by atoms with Gasteiger partial charge in [0.15, 0.2) is 5.96 Å². The molecule has 2 rings (SSSR count). The Balaban J connectivity index is 0.00000450. The molecule has 0 spiro atoms. The molecule has 2 aromatic rings. The molecule has 5 nitrogen and oxygen atoms in total. The van der Waals surface area contributed by atoms with E-state index in [1.807, 2.05) is 50.4 Å². The molecule has 0 aliphatic heterocycles. The van der Waals surface area contributed by atoms with Crippen LogP contribution in [-0.2, 0) is 23.6 Å². The van der Waals surface area contributed by atoms with Gasteiger partial charge < -0.3 is 16.0 Å². The van der Waals surface area contributed by atoms with Crippen molar-refractivity contribution in [3.05, 3.63) is 65.0 Å². The standard InChI is InChI=1S/C22H29FN4OS.HI/c1-15(2)21(28)27-20-9-5-16(6-10-20)12-25-22(24-3)26-13-17-7-8-19(23)11-18(17)14-29-4;/h5-11,15H,12-14H2,1-4H3,(H,27,28)(H2,24,25,26);1H. The predicted molar refractivity (Wildman–Crippen MR) is 136 cm³/mol. The number of benzene rings is 2. The van der Waals surface area contributed by atoms with Crippen LogP contribution in [0.5, 0.6) is 0 Å². The van der Waals surface area contributed by atoms with Crippen molar-refractivity contribution in [3.8, 4) is 0 Å². The van der Waals surface area contributed by atoms with Crippen molar-refractivity contribution < 1.29 is 9.18 Å². The highest BCUT2D eigenvalue weighted by molar-refractivity contribution is 14.0. The van der Waals surface area contributed by atoms with Crippen LogP contribution in [0.25, 0.3) is 0 Å². The van der Waals surface area contributed by atoms with Crippen LogP contribution in [0.3, 0.4) is 0 Å². The van der Waals surface area contributed by atoms with Crippen molar-refractivity contribution in [1.82, 2.24) is 10.6 Å². The van der Waals surface area contributed by atoms with Gasteiger partial charge in [-0.25, -0.2) is 4.39 Å². The van der Waals surface area contributed by atoms with E-state index >= 15 is 0 Å². The Labute approximate surface area is 199 Å². The fourth-order valence-corrected chi connectivity index (χ4v) is 3.21. The SMILES string of the molecule is CN=C(NCc1ccc(NC(=O)C(C)C)cc1)NCc1ccc(F)cc1CSC.I. The number of amides is 1. The summed E-state index contributed by atoms with van der Waals surface area (Å²) in [5.74, 6) is 1.17. The number of hydrogen-bond donors (Lipinski definition) is 3. The Hall–Kier alpha value is -1.81. The summed E-state index contributed by atoms with van der Waals surface area (Å²) in [7, 11) is 1.72. The molecule has 0 radical (unpaired) electrons. The Morgan fingerprint density at radius 1 is 1.07 bits per heavy atom. The Bertz CT molecular complexity index is 844. The van der Waals surface area contributed by atoms with Gasteiger partial charge in [0, 0.05) is 37.5 Å². The average molecular weight is 544 g/mol. The third kappa shape index (κ3) is 8.51. The van der Waals surface area contributed by atoms with Gasteiger partial charge in [-0.1, -0.05) is 32.0 Å². The van der Waals surface area contributed by atoms with Gasteiger partial charge in [-0.3, -0.25) is 9.79 Å². The van der Waals surface area contributed by atoms with Gasteiger partial charge in [0.2, 0.25) is 5.91 Å². The fourth-order valence-electron chi connectivity index (χ4n) is 2.63. The summed E-state index contributed by atoms with van der Waals surface area (Å²) in [6, 6.07) is 12.6. The van der Waals surface area contributed by atoms with E-state index < -0.39 is 0 Å². The third-order valence-corrected chi connectivity index (χ3v) is 4.94. The maximum atomic E-state index is 13.5. The molecule has 8 heteroatoms. The van der Waals surface area contributed by atoms with Gasteiger partial charge in [-0.2, -0.15) is 11.8 Å². The smallest absolute Gasteiger partial charge is 0.226 e. The number of halogens is 2. The molecule has 0 fully saturated rings. The van der Waals surface area contributed by atoms with Gasteiger partial charge >= 0.3 is 0 Å². The van der Waals surface area contributed by atoms with Crippen molar-refractivity contribution in [2.75, 3.05) is 18.6 Å². The van der Waals surface area contributed by atoms with Gasteiger partial charge in [-0.15, -0.1) is 24.0 Å². The first-order chi connectivity index (χ1) is 13.9. The summed E-state index contributed by atoms with van der Waals surface area (Å²) >= 11 is 1.66. The quantitative estimate of drug-likeness (QED) is 0.255. The Kier molecular flexibility index (Phi) is 11.8. The van der Waals surface area contributed by atoms with Crippen molar-refractivity contribution in [3.63, 3.8) is 0 Å². The zero-order valence-electron chi connectivity index (χ0n) is 17.8. The number of carbonyl (C=O) groups is 1. The molecule has 0 bridgehead atoms. The lowest BCUT2D eigenvalue weighted by molar-refractivity contribution is -0.118. The van der Waals surface area contributed by atoms with Crippen LogP contribution in [0.15, 0.2) is 47.5 Å². The summed E-state index contributed by atoms with van der Waals surface area (Å²) in [6.07, 6.45) is 2.00. The number of carbonyl (C=O) groups excluding carboxylic acids is 1. The first kappa shape index (κ1) is 26.2. The van der Waals surface area contributed by atoms with Crippen LogP contribution in [0.2, 0.25) is 0 Å². The second-order valence-corrected chi connectivity index (χ2v) is 7.83. The van der Waals surface area contributed by atoms with E-state index in [9.17, 15) is 9.18 Å². The van der Waals surface area contributed by atoms with E-state index in [4.69, 9.17) is 0 Å². The molecular formula is C22H30FIN4OS. The Morgan fingerprint density at radius 3 is 2.33 bits per heavy atom. The molecule has 1 amide bonds. The van der Waals surface area contributed by atoms with Crippen LogP contribution in [-0.4, -0.2) is 25.2 Å². The van der Waals surface area contributed by atoms with Crippen molar-refractivity contribution in [1.29, 1.82) is 0 Å². The highest BCUT2D eigenvalue weighted by Crippen LogP contribution is 2.16. The largest absolute Gasteiger partial charge is 0.352 e. The lowest BCUT2D eigenvalue weighted by atomic mass is 10.1.